The fraction of sp³-hybridized carbons (Fsp3) is 0.700. The van der Waals surface area contributed by atoms with Crippen molar-refractivity contribution in [3.63, 3.8) is 0 Å². The number of rotatable bonds is 8. The van der Waals surface area contributed by atoms with Crippen molar-refractivity contribution in [2.45, 2.75) is 39.8 Å². The van der Waals surface area contributed by atoms with Gasteiger partial charge in [0.2, 0.25) is 0 Å². The Bertz CT molecular complexity index is 548. The summed E-state index contributed by atoms with van der Waals surface area (Å²) in [5.74, 6) is 2.43. The molecule has 0 aromatic heterocycles. The molecule has 5 heteroatoms. The second-order valence-corrected chi connectivity index (χ2v) is 7.38. The van der Waals surface area contributed by atoms with Gasteiger partial charge in [-0.05, 0) is 25.3 Å². The van der Waals surface area contributed by atoms with Gasteiger partial charge in [0.1, 0.15) is 11.5 Å². The number of hydrogen-bond donors (Lipinski definition) is 1. The quantitative estimate of drug-likeness (QED) is 0.781. The van der Waals surface area contributed by atoms with E-state index in [1.165, 1.54) is 5.56 Å². The molecule has 1 aromatic rings. The molecule has 2 rings (SSSR count). The summed E-state index contributed by atoms with van der Waals surface area (Å²) in [7, 11) is 3.41. The van der Waals surface area contributed by atoms with Crippen molar-refractivity contribution in [3.05, 3.63) is 23.3 Å². The number of methoxy groups -OCH3 is 2. The van der Waals surface area contributed by atoms with Crippen molar-refractivity contribution in [2.24, 2.45) is 5.92 Å². The Balaban J connectivity index is 2.09. The standard InChI is InChI=1S/C20H34N2O3/c1-15(2)12-22-10-9-21(14-18(22)8-11-23)13-17-6-7-19(24-4)16(3)20(17)25-5/h6-7,15,18,23H,8-14H2,1-5H3/t18-/m0/s1. The van der Waals surface area contributed by atoms with E-state index in [0.29, 0.717) is 12.0 Å². The van der Waals surface area contributed by atoms with Crippen LogP contribution in [0.4, 0.5) is 0 Å². The summed E-state index contributed by atoms with van der Waals surface area (Å²) in [5, 5.41) is 9.44. The predicted octanol–water partition coefficient (Wildman–Crippen LogP) is 2.54. The van der Waals surface area contributed by atoms with E-state index < -0.39 is 0 Å². The molecule has 25 heavy (non-hydrogen) atoms. The van der Waals surface area contributed by atoms with Crippen LogP contribution in [0.1, 0.15) is 31.4 Å². The largest absolute Gasteiger partial charge is 0.496 e. The zero-order valence-corrected chi connectivity index (χ0v) is 16.4. The summed E-state index contributed by atoms with van der Waals surface area (Å²) in [6.45, 7) is 11.9. The van der Waals surface area contributed by atoms with Crippen LogP contribution in [0, 0.1) is 12.8 Å². The molecule has 1 atom stereocenters. The molecule has 1 aromatic carbocycles. The van der Waals surface area contributed by atoms with Crippen molar-refractivity contribution >= 4 is 0 Å². The van der Waals surface area contributed by atoms with Crippen LogP contribution in [0.3, 0.4) is 0 Å². The van der Waals surface area contributed by atoms with Crippen molar-refractivity contribution in [1.82, 2.24) is 9.80 Å². The summed E-state index contributed by atoms with van der Waals surface area (Å²) < 4.78 is 11.1. The van der Waals surface area contributed by atoms with E-state index in [9.17, 15) is 5.11 Å². The van der Waals surface area contributed by atoms with Crippen LogP contribution in [-0.4, -0.2) is 68.0 Å². The zero-order chi connectivity index (χ0) is 18.4. The maximum atomic E-state index is 9.44. The third-order valence-electron chi connectivity index (χ3n) is 5.01. The fourth-order valence-corrected chi connectivity index (χ4v) is 3.83. The van der Waals surface area contributed by atoms with Gasteiger partial charge in [0, 0.05) is 56.5 Å². The first-order valence-corrected chi connectivity index (χ1v) is 9.27. The number of ether oxygens (including phenoxy) is 2. The molecule has 1 aliphatic heterocycles. The number of hydrogen-bond acceptors (Lipinski definition) is 5. The highest BCUT2D eigenvalue weighted by atomic mass is 16.5. The third kappa shape index (κ3) is 5.09. The third-order valence-corrected chi connectivity index (χ3v) is 5.01. The van der Waals surface area contributed by atoms with Crippen LogP contribution in [0.15, 0.2) is 12.1 Å². The molecule has 0 unspecified atom stereocenters. The average molecular weight is 351 g/mol. The Morgan fingerprint density at radius 1 is 1.20 bits per heavy atom. The number of aliphatic hydroxyl groups excluding tert-OH is 1. The minimum absolute atomic E-state index is 0.248. The van der Waals surface area contributed by atoms with Crippen molar-refractivity contribution in [3.8, 4) is 11.5 Å². The Kier molecular flexibility index (Phi) is 7.54. The second-order valence-electron chi connectivity index (χ2n) is 7.38. The highest BCUT2D eigenvalue weighted by Crippen LogP contribution is 2.32. The lowest BCUT2D eigenvalue weighted by Crippen LogP contribution is -2.53. The first-order chi connectivity index (χ1) is 12.0. The van der Waals surface area contributed by atoms with Gasteiger partial charge in [-0.3, -0.25) is 9.80 Å². The molecular formula is C20H34N2O3. The van der Waals surface area contributed by atoms with E-state index in [4.69, 9.17) is 9.47 Å². The van der Waals surface area contributed by atoms with Gasteiger partial charge < -0.3 is 14.6 Å². The summed E-state index contributed by atoms with van der Waals surface area (Å²) in [6, 6.07) is 4.55. The lowest BCUT2D eigenvalue weighted by molar-refractivity contribution is 0.0473. The summed E-state index contributed by atoms with van der Waals surface area (Å²) in [4.78, 5) is 5.01. The van der Waals surface area contributed by atoms with Crippen LogP contribution in [0.5, 0.6) is 11.5 Å². The number of aliphatic hydroxyl groups is 1. The van der Waals surface area contributed by atoms with Crippen LogP contribution in [-0.2, 0) is 6.54 Å². The molecule has 0 aliphatic carbocycles. The van der Waals surface area contributed by atoms with Gasteiger partial charge in [0.15, 0.2) is 0 Å². The van der Waals surface area contributed by atoms with E-state index in [1.54, 1.807) is 14.2 Å². The highest BCUT2D eigenvalue weighted by molar-refractivity contribution is 5.49. The van der Waals surface area contributed by atoms with E-state index in [-0.39, 0.29) is 6.61 Å². The topological polar surface area (TPSA) is 45.2 Å². The average Bonchev–Trinajstić information content (AvgIpc) is 2.57. The van der Waals surface area contributed by atoms with Crippen molar-refractivity contribution in [2.75, 3.05) is 47.0 Å². The summed E-state index contributed by atoms with van der Waals surface area (Å²) in [6.07, 6.45) is 0.835. The van der Waals surface area contributed by atoms with Crippen molar-refractivity contribution in [1.29, 1.82) is 0 Å². The minimum atomic E-state index is 0.248. The van der Waals surface area contributed by atoms with Crippen LogP contribution >= 0.6 is 0 Å². The zero-order valence-electron chi connectivity index (χ0n) is 16.4. The molecule has 0 radical (unpaired) electrons. The summed E-state index contributed by atoms with van der Waals surface area (Å²) >= 11 is 0. The van der Waals surface area contributed by atoms with E-state index in [1.807, 2.05) is 13.0 Å². The van der Waals surface area contributed by atoms with E-state index in [0.717, 1.165) is 56.2 Å². The molecule has 0 saturated carbocycles. The molecule has 0 bridgehead atoms. The molecule has 0 spiro atoms. The van der Waals surface area contributed by atoms with Gasteiger partial charge in [-0.25, -0.2) is 0 Å². The molecule has 1 N–H and O–H groups in total. The number of benzene rings is 1. The Morgan fingerprint density at radius 2 is 1.96 bits per heavy atom. The van der Waals surface area contributed by atoms with Crippen LogP contribution in [0.2, 0.25) is 0 Å². The maximum Gasteiger partial charge on any atom is 0.129 e. The number of nitrogens with zero attached hydrogens (tertiary/aromatic N) is 2. The van der Waals surface area contributed by atoms with E-state index >= 15 is 0 Å². The molecule has 1 heterocycles. The first kappa shape index (κ1) is 20.0. The Hall–Kier alpha value is -1.30. The highest BCUT2D eigenvalue weighted by Gasteiger charge is 2.27. The number of piperazine rings is 1. The minimum Gasteiger partial charge on any atom is -0.496 e. The van der Waals surface area contributed by atoms with Gasteiger partial charge in [-0.15, -0.1) is 0 Å². The van der Waals surface area contributed by atoms with Gasteiger partial charge >= 0.3 is 0 Å². The van der Waals surface area contributed by atoms with Gasteiger partial charge in [0.25, 0.3) is 0 Å². The lowest BCUT2D eigenvalue weighted by Gasteiger charge is -2.42. The maximum absolute atomic E-state index is 9.44. The first-order valence-electron chi connectivity index (χ1n) is 9.27. The molecule has 142 valence electrons. The second kappa shape index (κ2) is 9.41. The van der Waals surface area contributed by atoms with Crippen LogP contribution in [0.25, 0.3) is 0 Å². The van der Waals surface area contributed by atoms with E-state index in [2.05, 4.69) is 29.7 Å². The Labute approximate surface area is 152 Å². The van der Waals surface area contributed by atoms with Crippen molar-refractivity contribution < 1.29 is 14.6 Å². The fourth-order valence-electron chi connectivity index (χ4n) is 3.83. The molecule has 0 amide bonds. The van der Waals surface area contributed by atoms with Gasteiger partial charge in [-0.2, -0.15) is 0 Å². The lowest BCUT2D eigenvalue weighted by atomic mass is 10.0. The predicted molar refractivity (Wildman–Crippen MR) is 101 cm³/mol. The molecule has 1 saturated heterocycles. The monoisotopic (exact) mass is 350 g/mol. The summed E-state index contributed by atoms with van der Waals surface area (Å²) in [5.41, 5.74) is 2.24. The SMILES string of the molecule is COc1ccc(CN2CCN(CC(C)C)[C@@H](CCO)C2)c(OC)c1C. The molecular weight excluding hydrogens is 316 g/mol. The normalized spacial score (nSPS) is 19.4. The Morgan fingerprint density at radius 3 is 2.56 bits per heavy atom. The van der Waals surface area contributed by atoms with Gasteiger partial charge in [-0.1, -0.05) is 19.9 Å². The smallest absolute Gasteiger partial charge is 0.129 e. The molecule has 1 fully saturated rings. The molecule has 1 aliphatic rings. The molecule has 5 nitrogen and oxygen atoms in total. The van der Waals surface area contributed by atoms with Gasteiger partial charge in [0.05, 0.1) is 14.2 Å². The van der Waals surface area contributed by atoms with Crippen LogP contribution < -0.4 is 9.47 Å².